The summed E-state index contributed by atoms with van der Waals surface area (Å²) in [5.74, 6) is -1.18. The van der Waals surface area contributed by atoms with E-state index in [1.54, 1.807) is 12.1 Å². The Morgan fingerprint density at radius 3 is 2.42 bits per heavy atom. The number of hydrogen-bond acceptors (Lipinski definition) is 6. The summed E-state index contributed by atoms with van der Waals surface area (Å²) in [5, 5.41) is 2.95. The van der Waals surface area contributed by atoms with Crippen molar-refractivity contribution in [1.29, 1.82) is 0 Å². The molecule has 10 heteroatoms. The molecule has 2 amide bonds. The van der Waals surface area contributed by atoms with Crippen LogP contribution in [0.4, 0.5) is 0 Å². The number of rotatable bonds is 2. The molecule has 1 aliphatic carbocycles. The Bertz CT molecular complexity index is 1000. The molecule has 0 radical (unpaired) electrons. The first-order valence-corrected chi connectivity index (χ1v) is 13.1. The van der Waals surface area contributed by atoms with E-state index in [0.717, 1.165) is 37.7 Å². The Morgan fingerprint density at radius 2 is 1.76 bits per heavy atom. The zero-order valence-electron chi connectivity index (χ0n) is 18.8. The molecule has 3 heterocycles. The molecule has 2 fully saturated rings. The van der Waals surface area contributed by atoms with Crippen LogP contribution in [0.25, 0.3) is 0 Å². The van der Waals surface area contributed by atoms with Crippen molar-refractivity contribution >= 4 is 27.8 Å². The number of carbonyl (C=O) groups is 3. The monoisotopic (exact) mass is 477 g/mol. The van der Waals surface area contributed by atoms with Crippen LogP contribution in [0.2, 0.25) is 0 Å². The molecule has 4 bridgehead atoms. The molecule has 2 N–H and O–H groups in total. The Hall–Kier alpha value is -2.46. The van der Waals surface area contributed by atoms with Crippen molar-refractivity contribution < 1.29 is 27.5 Å². The van der Waals surface area contributed by atoms with Crippen molar-refractivity contribution in [2.75, 3.05) is 13.7 Å². The van der Waals surface area contributed by atoms with Crippen molar-refractivity contribution in [3.05, 3.63) is 29.8 Å². The topological polar surface area (TPSA) is 122 Å². The van der Waals surface area contributed by atoms with Crippen molar-refractivity contribution in [3.63, 3.8) is 0 Å². The van der Waals surface area contributed by atoms with Gasteiger partial charge in [0.05, 0.1) is 12.0 Å². The third-order valence-corrected chi connectivity index (χ3v) is 8.49. The third-order valence-electron chi connectivity index (χ3n) is 6.96. The first-order valence-electron chi connectivity index (χ1n) is 11.6. The standard InChI is InChI=1S/C23H31N3O6S/c1-32-23(29)19-13-17-14-26(19)22(28)21(16-5-3-2-4-6-16)24-20(27)12-9-15-7-10-18(11-8-15)33(30,31)25-17/h7-8,10-11,16-17,19,21,25H,2-6,9,12-14H2,1H3,(H,24,27)/t17-,19?,21?/m1/s1. The predicted octanol–water partition coefficient (Wildman–Crippen LogP) is 1.12. The van der Waals surface area contributed by atoms with E-state index in [-0.39, 0.29) is 42.0 Å². The van der Waals surface area contributed by atoms with Crippen LogP contribution < -0.4 is 10.0 Å². The third kappa shape index (κ3) is 5.22. The van der Waals surface area contributed by atoms with Gasteiger partial charge in [0.15, 0.2) is 0 Å². The summed E-state index contributed by atoms with van der Waals surface area (Å²) in [7, 11) is -2.59. The second-order valence-corrected chi connectivity index (χ2v) is 10.9. The van der Waals surface area contributed by atoms with Gasteiger partial charge in [-0.25, -0.2) is 17.9 Å². The molecule has 3 atom stereocenters. The molecule has 1 saturated carbocycles. The summed E-state index contributed by atoms with van der Waals surface area (Å²) in [6.45, 7) is 0.0367. The molecule has 1 aromatic carbocycles. The van der Waals surface area contributed by atoms with E-state index in [2.05, 4.69) is 10.0 Å². The second-order valence-electron chi connectivity index (χ2n) is 9.17. The number of aryl methyl sites for hydroxylation is 1. The van der Waals surface area contributed by atoms with E-state index in [1.807, 2.05) is 0 Å². The van der Waals surface area contributed by atoms with Gasteiger partial charge in [-0.05, 0) is 49.3 Å². The van der Waals surface area contributed by atoms with Crippen molar-refractivity contribution in [2.24, 2.45) is 5.92 Å². The summed E-state index contributed by atoms with van der Waals surface area (Å²) in [6, 6.07) is 4.12. The molecule has 0 aromatic heterocycles. The summed E-state index contributed by atoms with van der Waals surface area (Å²) in [4.78, 5) is 40.5. The van der Waals surface area contributed by atoms with Crippen LogP contribution in [-0.4, -0.2) is 62.9 Å². The van der Waals surface area contributed by atoms with Gasteiger partial charge in [0.25, 0.3) is 0 Å². The van der Waals surface area contributed by atoms with Crippen LogP contribution in [0.1, 0.15) is 50.5 Å². The van der Waals surface area contributed by atoms with Gasteiger partial charge in [0.2, 0.25) is 21.8 Å². The maximum atomic E-state index is 13.7. The fraction of sp³-hybridized carbons (Fsp3) is 0.609. The lowest BCUT2D eigenvalue weighted by Gasteiger charge is -2.34. The van der Waals surface area contributed by atoms with Gasteiger partial charge in [0, 0.05) is 19.0 Å². The Kier molecular flexibility index (Phi) is 7.04. The van der Waals surface area contributed by atoms with E-state index in [9.17, 15) is 22.8 Å². The van der Waals surface area contributed by atoms with Crippen LogP contribution >= 0.6 is 0 Å². The molecule has 4 aliphatic rings. The number of amides is 2. The largest absolute Gasteiger partial charge is 0.467 e. The lowest BCUT2D eigenvalue weighted by Crippen LogP contribution is -2.55. The van der Waals surface area contributed by atoms with Gasteiger partial charge < -0.3 is 15.0 Å². The van der Waals surface area contributed by atoms with Crippen LogP contribution in [0.15, 0.2) is 29.2 Å². The number of nitrogens with zero attached hydrogens (tertiary/aromatic N) is 1. The number of carbonyl (C=O) groups excluding carboxylic acids is 3. The van der Waals surface area contributed by atoms with E-state index >= 15 is 0 Å². The zero-order chi connectivity index (χ0) is 23.6. The van der Waals surface area contributed by atoms with Crippen LogP contribution in [0.3, 0.4) is 0 Å². The van der Waals surface area contributed by atoms with Crippen LogP contribution in [0.5, 0.6) is 0 Å². The fourth-order valence-electron chi connectivity index (χ4n) is 5.18. The number of hydrogen-bond donors (Lipinski definition) is 2. The molecule has 2 unspecified atom stereocenters. The predicted molar refractivity (Wildman–Crippen MR) is 120 cm³/mol. The molecular formula is C23H31N3O6S. The fourth-order valence-corrected chi connectivity index (χ4v) is 6.42. The summed E-state index contributed by atoms with van der Waals surface area (Å²) >= 11 is 0. The van der Waals surface area contributed by atoms with Gasteiger partial charge in [-0.3, -0.25) is 9.59 Å². The molecular weight excluding hydrogens is 446 g/mol. The average Bonchev–Trinajstić information content (AvgIpc) is 3.23. The Morgan fingerprint density at radius 1 is 1.06 bits per heavy atom. The summed E-state index contributed by atoms with van der Waals surface area (Å²) < 4.78 is 33.4. The van der Waals surface area contributed by atoms with Gasteiger partial charge in [-0.2, -0.15) is 0 Å². The number of methoxy groups -OCH3 is 1. The molecule has 33 heavy (non-hydrogen) atoms. The molecule has 1 aromatic rings. The maximum Gasteiger partial charge on any atom is 0.328 e. The van der Waals surface area contributed by atoms with Crippen molar-refractivity contribution in [3.8, 4) is 0 Å². The number of fused-ring (bicyclic) bond motifs is 8. The number of benzene rings is 1. The first-order chi connectivity index (χ1) is 15.8. The van der Waals surface area contributed by atoms with E-state index < -0.39 is 34.1 Å². The quantitative estimate of drug-likeness (QED) is 0.616. The molecule has 1 saturated heterocycles. The molecule has 3 aliphatic heterocycles. The highest BCUT2D eigenvalue weighted by atomic mass is 32.2. The highest BCUT2D eigenvalue weighted by molar-refractivity contribution is 7.89. The smallest absolute Gasteiger partial charge is 0.328 e. The highest BCUT2D eigenvalue weighted by Gasteiger charge is 2.45. The SMILES string of the molecule is COC(=O)C1C[C@@H]2CN1C(=O)C(C1CCCCC1)NC(=O)CCc1ccc(cc1)S(=O)(=O)N2. The van der Waals surface area contributed by atoms with Gasteiger partial charge in [0.1, 0.15) is 12.1 Å². The van der Waals surface area contributed by atoms with E-state index in [1.165, 1.54) is 24.1 Å². The minimum absolute atomic E-state index is 0.0150. The molecule has 0 spiro atoms. The first kappa shape index (κ1) is 23.7. The highest BCUT2D eigenvalue weighted by Crippen LogP contribution is 2.30. The van der Waals surface area contributed by atoms with Gasteiger partial charge in [-0.15, -0.1) is 0 Å². The van der Waals surface area contributed by atoms with Crippen molar-refractivity contribution in [1.82, 2.24) is 14.9 Å². The van der Waals surface area contributed by atoms with Crippen molar-refractivity contribution in [2.45, 2.75) is 74.4 Å². The lowest BCUT2D eigenvalue weighted by molar-refractivity contribution is -0.152. The number of nitrogens with one attached hydrogen (secondary N) is 2. The minimum Gasteiger partial charge on any atom is -0.467 e. The van der Waals surface area contributed by atoms with Gasteiger partial charge in [-0.1, -0.05) is 31.4 Å². The number of esters is 1. The van der Waals surface area contributed by atoms with Crippen LogP contribution in [0, 0.1) is 5.92 Å². The summed E-state index contributed by atoms with van der Waals surface area (Å²) in [6.07, 6.45) is 5.45. The normalized spacial score (nSPS) is 28.6. The molecule has 5 rings (SSSR count). The molecule has 180 valence electrons. The Labute approximate surface area is 194 Å². The number of ether oxygens (including phenoxy) is 1. The Balaban J connectivity index is 1.70. The summed E-state index contributed by atoms with van der Waals surface area (Å²) in [5.41, 5.74) is 0.843. The second kappa shape index (κ2) is 9.80. The maximum absolute atomic E-state index is 13.7. The zero-order valence-corrected chi connectivity index (χ0v) is 19.6. The molecule has 9 nitrogen and oxygen atoms in total. The van der Waals surface area contributed by atoms with E-state index in [0.29, 0.717) is 6.42 Å². The minimum atomic E-state index is -3.84. The number of sulfonamides is 1. The van der Waals surface area contributed by atoms with Crippen LogP contribution in [-0.2, 0) is 35.6 Å². The average molecular weight is 478 g/mol. The van der Waals surface area contributed by atoms with Gasteiger partial charge >= 0.3 is 5.97 Å². The van der Waals surface area contributed by atoms with E-state index in [4.69, 9.17) is 4.74 Å². The lowest BCUT2D eigenvalue weighted by atomic mass is 9.83.